The number of benzene rings is 1. The van der Waals surface area contributed by atoms with E-state index in [2.05, 4.69) is 36.2 Å². The molecule has 1 aromatic rings. The van der Waals surface area contributed by atoms with Crippen LogP contribution in [0.2, 0.25) is 0 Å². The van der Waals surface area contributed by atoms with Gasteiger partial charge in [0.15, 0.2) is 0 Å². The van der Waals surface area contributed by atoms with E-state index >= 15 is 0 Å². The van der Waals surface area contributed by atoms with Crippen LogP contribution in [0.5, 0.6) is 0 Å². The Hall–Kier alpha value is -1.04. The number of hydrogen-bond acceptors (Lipinski definition) is 4. The molecule has 0 aromatic heterocycles. The third kappa shape index (κ3) is 5.99. The second-order valence-electron chi connectivity index (χ2n) is 5.28. The van der Waals surface area contributed by atoms with E-state index in [4.69, 9.17) is 5.73 Å². The van der Waals surface area contributed by atoms with Gasteiger partial charge in [-0.2, -0.15) is 11.8 Å². The monoisotopic (exact) mass is 323 g/mol. The Labute approximate surface area is 138 Å². The molecule has 1 unspecified atom stereocenters. The van der Waals surface area contributed by atoms with Gasteiger partial charge in [-0.05, 0) is 37.1 Å². The van der Waals surface area contributed by atoms with Crippen LogP contribution < -0.4 is 11.1 Å². The molecule has 0 saturated heterocycles. The minimum atomic E-state index is -0.416. The van der Waals surface area contributed by atoms with Crippen molar-refractivity contribution in [3.8, 4) is 0 Å². The number of carbonyl (C=O) groups is 1. The molecule has 0 aliphatic heterocycles. The maximum absolute atomic E-state index is 12.1. The highest BCUT2D eigenvalue weighted by Crippen LogP contribution is 2.19. The molecule has 0 bridgehead atoms. The summed E-state index contributed by atoms with van der Waals surface area (Å²) in [5, 5.41) is 3.02. The largest absolute Gasteiger partial charge is 0.353 e. The van der Waals surface area contributed by atoms with Gasteiger partial charge in [0, 0.05) is 6.54 Å². The molecule has 3 N–H and O–H groups in total. The van der Waals surface area contributed by atoms with Crippen LogP contribution in [0.3, 0.4) is 0 Å². The maximum atomic E-state index is 12.1. The predicted molar refractivity (Wildman–Crippen MR) is 96.1 cm³/mol. The van der Waals surface area contributed by atoms with Crippen molar-refractivity contribution in [2.75, 3.05) is 31.6 Å². The zero-order chi connectivity index (χ0) is 16.4. The van der Waals surface area contributed by atoms with Gasteiger partial charge in [0.25, 0.3) is 0 Å². The number of hydrogen-bond donors (Lipinski definition) is 2. The zero-order valence-corrected chi connectivity index (χ0v) is 14.7. The van der Waals surface area contributed by atoms with Gasteiger partial charge in [0.1, 0.15) is 0 Å². The van der Waals surface area contributed by atoms with Crippen LogP contribution in [0.1, 0.15) is 31.9 Å². The summed E-state index contributed by atoms with van der Waals surface area (Å²) in [6.45, 7) is 6.78. The highest BCUT2D eigenvalue weighted by Gasteiger charge is 2.20. The molecule has 2 atom stereocenters. The van der Waals surface area contributed by atoms with Crippen molar-refractivity contribution >= 4 is 17.7 Å². The lowest BCUT2D eigenvalue weighted by molar-refractivity contribution is -0.122. The third-order valence-corrected chi connectivity index (χ3v) is 4.52. The molecular formula is C17H29N3OS. The second kappa shape index (κ2) is 10.6. The minimum Gasteiger partial charge on any atom is -0.353 e. The van der Waals surface area contributed by atoms with E-state index < -0.39 is 6.04 Å². The van der Waals surface area contributed by atoms with Crippen molar-refractivity contribution in [3.63, 3.8) is 0 Å². The molecule has 124 valence electrons. The first-order valence-corrected chi connectivity index (χ1v) is 9.34. The standard InChI is InChI=1S/C17H29N3OS/c1-4-20(5-2)16(14-9-7-6-8-10-14)13-19-17(21)15(18)11-12-22-3/h6-10,15-16H,4-5,11-13,18H2,1-3H3,(H,19,21)/t15-,16?/m0/s1. The first-order chi connectivity index (χ1) is 10.6. The Balaban J connectivity index is 2.68. The van der Waals surface area contributed by atoms with Crippen LogP contribution in [0.25, 0.3) is 0 Å². The summed E-state index contributed by atoms with van der Waals surface area (Å²) in [4.78, 5) is 14.5. The van der Waals surface area contributed by atoms with Crippen molar-refractivity contribution in [2.24, 2.45) is 5.73 Å². The number of nitrogens with two attached hydrogens (primary N) is 1. The van der Waals surface area contributed by atoms with E-state index in [1.807, 2.05) is 24.5 Å². The Bertz CT molecular complexity index is 423. The van der Waals surface area contributed by atoms with Crippen LogP contribution in [-0.2, 0) is 4.79 Å². The lowest BCUT2D eigenvalue weighted by Gasteiger charge is -2.30. The molecule has 0 spiro atoms. The summed E-state index contributed by atoms with van der Waals surface area (Å²) in [5.41, 5.74) is 7.16. The average Bonchev–Trinajstić information content (AvgIpc) is 2.56. The first-order valence-electron chi connectivity index (χ1n) is 7.95. The molecule has 5 heteroatoms. The summed E-state index contributed by atoms with van der Waals surface area (Å²) < 4.78 is 0. The second-order valence-corrected chi connectivity index (χ2v) is 6.27. The smallest absolute Gasteiger partial charge is 0.237 e. The molecule has 1 amide bonds. The maximum Gasteiger partial charge on any atom is 0.237 e. The molecular weight excluding hydrogens is 294 g/mol. The molecule has 0 heterocycles. The minimum absolute atomic E-state index is 0.0536. The van der Waals surface area contributed by atoms with E-state index in [1.165, 1.54) is 5.56 Å². The first kappa shape index (κ1) is 19.0. The summed E-state index contributed by atoms with van der Waals surface area (Å²) in [6.07, 6.45) is 2.74. The molecule has 0 radical (unpaired) electrons. The fourth-order valence-electron chi connectivity index (χ4n) is 2.50. The van der Waals surface area contributed by atoms with Crippen LogP contribution >= 0.6 is 11.8 Å². The van der Waals surface area contributed by atoms with Crippen molar-refractivity contribution < 1.29 is 4.79 Å². The highest BCUT2D eigenvalue weighted by atomic mass is 32.2. The molecule has 1 aromatic carbocycles. The van der Waals surface area contributed by atoms with E-state index in [0.717, 1.165) is 18.8 Å². The summed E-state index contributed by atoms with van der Waals surface area (Å²) in [6, 6.07) is 10.1. The molecule has 0 aliphatic rings. The lowest BCUT2D eigenvalue weighted by atomic mass is 10.0. The average molecular weight is 324 g/mol. The molecule has 4 nitrogen and oxygen atoms in total. The number of rotatable bonds is 10. The third-order valence-electron chi connectivity index (χ3n) is 3.88. The van der Waals surface area contributed by atoms with Gasteiger partial charge in [-0.15, -0.1) is 0 Å². The number of nitrogens with zero attached hydrogens (tertiary/aromatic N) is 1. The number of nitrogens with one attached hydrogen (secondary N) is 1. The van der Waals surface area contributed by atoms with Gasteiger partial charge < -0.3 is 11.1 Å². The summed E-state index contributed by atoms with van der Waals surface area (Å²) in [7, 11) is 0. The van der Waals surface area contributed by atoms with Gasteiger partial charge in [-0.25, -0.2) is 0 Å². The molecule has 22 heavy (non-hydrogen) atoms. The Morgan fingerprint density at radius 2 is 1.91 bits per heavy atom. The van der Waals surface area contributed by atoms with Crippen molar-refractivity contribution in [1.29, 1.82) is 0 Å². The van der Waals surface area contributed by atoms with E-state index in [-0.39, 0.29) is 11.9 Å². The van der Waals surface area contributed by atoms with E-state index in [1.54, 1.807) is 11.8 Å². The van der Waals surface area contributed by atoms with Crippen LogP contribution in [0.15, 0.2) is 30.3 Å². The van der Waals surface area contributed by atoms with Crippen molar-refractivity contribution in [1.82, 2.24) is 10.2 Å². The Morgan fingerprint density at radius 1 is 1.27 bits per heavy atom. The van der Waals surface area contributed by atoms with Gasteiger partial charge in [-0.1, -0.05) is 44.2 Å². The predicted octanol–water partition coefficient (Wildman–Crippen LogP) is 2.27. The van der Waals surface area contributed by atoms with Crippen LogP contribution in [0, 0.1) is 0 Å². The normalized spacial score (nSPS) is 13.9. The number of likely N-dealkylation sites (N-methyl/N-ethyl adjacent to an activating group) is 1. The molecule has 0 aliphatic carbocycles. The van der Waals surface area contributed by atoms with Gasteiger partial charge >= 0.3 is 0 Å². The van der Waals surface area contributed by atoms with E-state index in [9.17, 15) is 4.79 Å². The summed E-state index contributed by atoms with van der Waals surface area (Å²) in [5.74, 6) is 0.856. The molecule has 1 rings (SSSR count). The number of thioether (sulfide) groups is 1. The quantitative estimate of drug-likeness (QED) is 0.693. The molecule has 0 saturated carbocycles. The molecule has 0 fully saturated rings. The van der Waals surface area contributed by atoms with E-state index in [0.29, 0.717) is 13.0 Å². The number of carbonyl (C=O) groups excluding carboxylic acids is 1. The van der Waals surface area contributed by atoms with Crippen LogP contribution in [-0.4, -0.2) is 48.5 Å². The zero-order valence-electron chi connectivity index (χ0n) is 13.9. The Morgan fingerprint density at radius 3 is 2.45 bits per heavy atom. The van der Waals surface area contributed by atoms with Crippen molar-refractivity contribution in [2.45, 2.75) is 32.4 Å². The van der Waals surface area contributed by atoms with Gasteiger partial charge in [0.05, 0.1) is 12.1 Å². The fourth-order valence-corrected chi connectivity index (χ4v) is 2.99. The summed E-state index contributed by atoms with van der Waals surface area (Å²) >= 11 is 1.71. The van der Waals surface area contributed by atoms with Gasteiger partial charge in [0.2, 0.25) is 5.91 Å². The topological polar surface area (TPSA) is 58.4 Å². The fraction of sp³-hybridized carbons (Fsp3) is 0.588. The van der Waals surface area contributed by atoms with Crippen LogP contribution in [0.4, 0.5) is 0 Å². The van der Waals surface area contributed by atoms with Crippen molar-refractivity contribution in [3.05, 3.63) is 35.9 Å². The van der Waals surface area contributed by atoms with Gasteiger partial charge in [-0.3, -0.25) is 9.69 Å². The SMILES string of the molecule is CCN(CC)C(CNC(=O)[C@@H](N)CCSC)c1ccccc1. The highest BCUT2D eigenvalue weighted by molar-refractivity contribution is 7.98. The lowest BCUT2D eigenvalue weighted by Crippen LogP contribution is -2.45. The number of amides is 1. The Kier molecular flexibility index (Phi) is 9.20.